The maximum Gasteiger partial charge on any atom is 0.263 e. The predicted octanol–water partition coefficient (Wildman–Crippen LogP) is 4.74. The Morgan fingerprint density at radius 1 is 1.28 bits per heavy atom. The molecule has 0 aliphatic rings. The van der Waals surface area contributed by atoms with Crippen molar-refractivity contribution in [2.24, 2.45) is 0 Å². The molecule has 9 heteroatoms. The highest BCUT2D eigenvalue weighted by atomic mass is 32.2. The molecule has 0 aliphatic heterocycles. The smallest absolute Gasteiger partial charge is 0.263 e. The number of hydrogen-bond donors (Lipinski definition) is 0. The molecule has 3 heterocycles. The SMILES string of the molecule is C=CCn1c(SCc2noc(-c3ccc(F)cc3)n2)nc2sc(C)c(C)c2c1=O. The van der Waals surface area contributed by atoms with Crippen LogP contribution in [0.25, 0.3) is 21.7 Å². The van der Waals surface area contributed by atoms with Crippen LogP contribution < -0.4 is 5.56 Å². The van der Waals surface area contributed by atoms with Crippen molar-refractivity contribution in [3.8, 4) is 11.5 Å². The van der Waals surface area contributed by atoms with E-state index in [1.807, 2.05) is 13.8 Å². The molecule has 3 aromatic heterocycles. The van der Waals surface area contributed by atoms with Gasteiger partial charge in [-0.3, -0.25) is 9.36 Å². The van der Waals surface area contributed by atoms with Crippen molar-refractivity contribution in [2.45, 2.75) is 31.3 Å². The lowest BCUT2D eigenvalue weighted by atomic mass is 10.2. The molecule has 0 saturated carbocycles. The fourth-order valence-electron chi connectivity index (χ4n) is 2.86. The highest BCUT2D eigenvalue weighted by Gasteiger charge is 2.17. The van der Waals surface area contributed by atoms with Crippen molar-refractivity contribution in [3.63, 3.8) is 0 Å². The zero-order valence-corrected chi connectivity index (χ0v) is 17.4. The van der Waals surface area contributed by atoms with Gasteiger partial charge in [0.15, 0.2) is 11.0 Å². The highest BCUT2D eigenvalue weighted by Crippen LogP contribution is 2.29. The summed E-state index contributed by atoms with van der Waals surface area (Å²) in [5.41, 5.74) is 1.54. The molecule has 0 atom stereocenters. The maximum absolute atomic E-state index is 13.1. The van der Waals surface area contributed by atoms with Gasteiger partial charge < -0.3 is 4.52 Å². The molecular formula is C20H17FN4O2S2. The molecule has 29 heavy (non-hydrogen) atoms. The third kappa shape index (κ3) is 3.75. The van der Waals surface area contributed by atoms with E-state index in [9.17, 15) is 9.18 Å². The van der Waals surface area contributed by atoms with Crippen LogP contribution in [-0.2, 0) is 12.3 Å². The number of halogens is 1. The highest BCUT2D eigenvalue weighted by molar-refractivity contribution is 7.98. The monoisotopic (exact) mass is 428 g/mol. The second-order valence-electron chi connectivity index (χ2n) is 6.37. The number of benzene rings is 1. The standard InChI is InChI=1S/C20H17FN4O2S2/c1-4-9-25-19(26)16-11(2)12(3)29-18(16)23-20(25)28-10-15-22-17(27-24-15)13-5-7-14(21)8-6-13/h4-8H,1,9-10H2,2-3H3. The van der Waals surface area contributed by atoms with E-state index < -0.39 is 0 Å². The first-order valence-electron chi connectivity index (χ1n) is 8.80. The lowest BCUT2D eigenvalue weighted by molar-refractivity contribution is 0.425. The quantitative estimate of drug-likeness (QED) is 0.251. The van der Waals surface area contributed by atoms with E-state index in [1.54, 1.807) is 22.8 Å². The molecule has 0 unspecified atom stereocenters. The topological polar surface area (TPSA) is 73.8 Å². The van der Waals surface area contributed by atoms with Crippen LogP contribution >= 0.6 is 23.1 Å². The molecule has 0 amide bonds. The van der Waals surface area contributed by atoms with E-state index in [1.165, 1.54) is 35.2 Å². The van der Waals surface area contributed by atoms with Crippen LogP contribution in [0.5, 0.6) is 0 Å². The summed E-state index contributed by atoms with van der Waals surface area (Å²) in [6.45, 7) is 8.04. The number of rotatable bonds is 6. The minimum absolute atomic E-state index is 0.0700. The van der Waals surface area contributed by atoms with Gasteiger partial charge in [-0.15, -0.1) is 17.9 Å². The van der Waals surface area contributed by atoms with Gasteiger partial charge in [0.1, 0.15) is 10.6 Å². The Labute approximate surface area is 174 Å². The molecule has 6 nitrogen and oxygen atoms in total. The van der Waals surface area contributed by atoms with Crippen LogP contribution in [-0.4, -0.2) is 19.7 Å². The third-order valence-corrected chi connectivity index (χ3v) is 6.53. The number of aryl methyl sites for hydroxylation is 2. The molecule has 4 aromatic rings. The van der Waals surface area contributed by atoms with Gasteiger partial charge in [-0.25, -0.2) is 9.37 Å². The van der Waals surface area contributed by atoms with E-state index >= 15 is 0 Å². The molecule has 0 radical (unpaired) electrons. The Bertz CT molecular complexity index is 1260. The zero-order valence-electron chi connectivity index (χ0n) is 15.8. The molecule has 148 valence electrons. The van der Waals surface area contributed by atoms with Crippen LogP contribution in [0, 0.1) is 19.7 Å². The minimum Gasteiger partial charge on any atom is -0.334 e. The first-order valence-corrected chi connectivity index (χ1v) is 10.6. The van der Waals surface area contributed by atoms with E-state index in [0.717, 1.165) is 15.3 Å². The van der Waals surface area contributed by atoms with Crippen LogP contribution in [0.15, 0.2) is 51.4 Å². The average Bonchev–Trinajstić information content (AvgIpc) is 3.28. The molecule has 0 bridgehead atoms. The summed E-state index contributed by atoms with van der Waals surface area (Å²) in [6.07, 6.45) is 1.68. The Balaban J connectivity index is 1.63. The summed E-state index contributed by atoms with van der Waals surface area (Å²) in [5.74, 6) is 0.831. The van der Waals surface area contributed by atoms with E-state index in [-0.39, 0.29) is 11.4 Å². The van der Waals surface area contributed by atoms with Gasteiger partial charge in [-0.2, -0.15) is 4.98 Å². The summed E-state index contributed by atoms with van der Waals surface area (Å²) in [6, 6.07) is 5.84. The van der Waals surface area contributed by atoms with Crippen molar-refractivity contribution in [1.29, 1.82) is 0 Å². The number of thiophene rings is 1. The molecular weight excluding hydrogens is 411 g/mol. The van der Waals surface area contributed by atoms with Crippen LogP contribution in [0.1, 0.15) is 16.3 Å². The first-order chi connectivity index (χ1) is 14.0. The summed E-state index contributed by atoms with van der Waals surface area (Å²) < 4.78 is 20.0. The summed E-state index contributed by atoms with van der Waals surface area (Å²) >= 11 is 2.88. The molecule has 4 rings (SSSR count). The molecule has 0 saturated heterocycles. The Kier molecular flexibility index (Phi) is 5.33. The normalized spacial score (nSPS) is 11.3. The van der Waals surface area contributed by atoms with Gasteiger partial charge in [0.05, 0.1) is 11.1 Å². The van der Waals surface area contributed by atoms with Crippen LogP contribution in [0.3, 0.4) is 0 Å². The molecule has 0 spiro atoms. The molecule has 0 N–H and O–H groups in total. The third-order valence-electron chi connectivity index (χ3n) is 4.46. The number of hydrogen-bond acceptors (Lipinski definition) is 7. The summed E-state index contributed by atoms with van der Waals surface area (Å²) in [5, 5.41) is 5.22. The summed E-state index contributed by atoms with van der Waals surface area (Å²) in [4.78, 5) is 23.8. The fourth-order valence-corrected chi connectivity index (χ4v) is 4.78. The van der Waals surface area contributed by atoms with Crippen LogP contribution in [0.2, 0.25) is 0 Å². The van der Waals surface area contributed by atoms with Gasteiger partial charge >= 0.3 is 0 Å². The number of aromatic nitrogens is 4. The summed E-state index contributed by atoms with van der Waals surface area (Å²) in [7, 11) is 0. The minimum atomic E-state index is -0.329. The Morgan fingerprint density at radius 2 is 2.03 bits per heavy atom. The Morgan fingerprint density at radius 3 is 2.76 bits per heavy atom. The van der Waals surface area contributed by atoms with Gasteiger partial charge in [-0.05, 0) is 43.7 Å². The predicted molar refractivity (Wildman–Crippen MR) is 113 cm³/mol. The van der Waals surface area contributed by atoms with Crippen molar-refractivity contribution in [2.75, 3.05) is 0 Å². The van der Waals surface area contributed by atoms with E-state index in [0.29, 0.717) is 40.1 Å². The number of fused-ring (bicyclic) bond motifs is 1. The number of thioether (sulfide) groups is 1. The van der Waals surface area contributed by atoms with Gasteiger partial charge in [0.2, 0.25) is 0 Å². The number of nitrogens with zero attached hydrogens (tertiary/aromatic N) is 4. The fraction of sp³-hybridized carbons (Fsp3) is 0.200. The molecule has 0 aliphatic carbocycles. The van der Waals surface area contributed by atoms with Crippen molar-refractivity contribution >= 4 is 33.3 Å². The number of allylic oxidation sites excluding steroid dienone is 1. The molecule has 1 aromatic carbocycles. The van der Waals surface area contributed by atoms with Crippen molar-refractivity contribution in [1.82, 2.24) is 19.7 Å². The zero-order chi connectivity index (χ0) is 20.5. The van der Waals surface area contributed by atoms with E-state index in [2.05, 4.69) is 16.7 Å². The lowest BCUT2D eigenvalue weighted by Crippen LogP contribution is -2.22. The molecule has 0 fully saturated rings. The largest absolute Gasteiger partial charge is 0.334 e. The van der Waals surface area contributed by atoms with E-state index in [4.69, 9.17) is 9.51 Å². The van der Waals surface area contributed by atoms with Gasteiger partial charge in [0, 0.05) is 17.0 Å². The van der Waals surface area contributed by atoms with Crippen molar-refractivity contribution in [3.05, 3.63) is 69.4 Å². The maximum atomic E-state index is 13.1. The van der Waals surface area contributed by atoms with Gasteiger partial charge in [-0.1, -0.05) is 23.0 Å². The average molecular weight is 429 g/mol. The Hall–Kier alpha value is -2.78. The van der Waals surface area contributed by atoms with Gasteiger partial charge in [0.25, 0.3) is 11.4 Å². The second-order valence-corrected chi connectivity index (χ2v) is 8.52. The lowest BCUT2D eigenvalue weighted by Gasteiger charge is -2.09. The first kappa shape index (κ1) is 19.5. The van der Waals surface area contributed by atoms with Crippen molar-refractivity contribution < 1.29 is 8.91 Å². The van der Waals surface area contributed by atoms with Crippen LogP contribution in [0.4, 0.5) is 4.39 Å². The second kappa shape index (κ2) is 7.92.